The maximum atomic E-state index is 12.1. The number of anilines is 2. The number of hydrogen-bond donors (Lipinski definition) is 2. The predicted octanol–water partition coefficient (Wildman–Crippen LogP) is 2.25. The fourth-order valence-electron chi connectivity index (χ4n) is 1.66. The van der Waals surface area contributed by atoms with Crippen molar-refractivity contribution in [3.05, 3.63) is 53.9 Å². The standard InChI is InChI=1S/C14H12N4O/c1-16-13-9-17-6-5-12(13)14(19)18-11-4-2-3-10(7-11)8-15/h2-7,9,16H,1H3,(H,18,19). The van der Waals surface area contributed by atoms with Gasteiger partial charge in [0.25, 0.3) is 5.91 Å². The number of hydrogen-bond acceptors (Lipinski definition) is 4. The quantitative estimate of drug-likeness (QED) is 0.878. The second-order valence-corrected chi connectivity index (χ2v) is 3.82. The van der Waals surface area contributed by atoms with Gasteiger partial charge in [-0.15, -0.1) is 0 Å². The van der Waals surface area contributed by atoms with Gasteiger partial charge in [-0.05, 0) is 24.3 Å². The number of aromatic nitrogens is 1. The Bertz CT molecular complexity index is 646. The Morgan fingerprint density at radius 3 is 2.95 bits per heavy atom. The van der Waals surface area contributed by atoms with Crippen LogP contribution in [0.2, 0.25) is 0 Å². The zero-order chi connectivity index (χ0) is 13.7. The lowest BCUT2D eigenvalue weighted by molar-refractivity contribution is 0.102. The number of nitrogens with one attached hydrogen (secondary N) is 2. The van der Waals surface area contributed by atoms with Crippen LogP contribution in [0.15, 0.2) is 42.7 Å². The summed E-state index contributed by atoms with van der Waals surface area (Å²) in [5.41, 5.74) is 2.24. The normalized spacial score (nSPS) is 9.47. The third kappa shape index (κ3) is 2.87. The van der Waals surface area contributed by atoms with E-state index in [0.717, 1.165) is 0 Å². The Kier molecular flexibility index (Phi) is 3.74. The summed E-state index contributed by atoms with van der Waals surface area (Å²) in [7, 11) is 1.73. The van der Waals surface area contributed by atoms with Gasteiger partial charge < -0.3 is 10.6 Å². The van der Waals surface area contributed by atoms with Crippen LogP contribution >= 0.6 is 0 Å². The van der Waals surface area contributed by atoms with E-state index in [1.54, 1.807) is 49.8 Å². The Morgan fingerprint density at radius 2 is 2.21 bits per heavy atom. The number of carbonyl (C=O) groups is 1. The molecule has 0 saturated carbocycles. The smallest absolute Gasteiger partial charge is 0.257 e. The van der Waals surface area contributed by atoms with Crippen molar-refractivity contribution in [1.82, 2.24) is 4.98 Å². The van der Waals surface area contributed by atoms with Crippen molar-refractivity contribution in [2.45, 2.75) is 0 Å². The Hall–Kier alpha value is -2.87. The van der Waals surface area contributed by atoms with Gasteiger partial charge >= 0.3 is 0 Å². The lowest BCUT2D eigenvalue weighted by Gasteiger charge is -2.09. The van der Waals surface area contributed by atoms with Gasteiger partial charge in [0.1, 0.15) is 0 Å². The minimum atomic E-state index is -0.248. The van der Waals surface area contributed by atoms with Gasteiger partial charge in [0.15, 0.2) is 0 Å². The summed E-state index contributed by atoms with van der Waals surface area (Å²) in [6.07, 6.45) is 3.14. The van der Waals surface area contributed by atoms with Gasteiger partial charge in [0.2, 0.25) is 0 Å². The van der Waals surface area contributed by atoms with Crippen LogP contribution in [-0.4, -0.2) is 17.9 Å². The first-order valence-electron chi connectivity index (χ1n) is 5.68. The number of nitrogens with zero attached hydrogens (tertiary/aromatic N) is 2. The van der Waals surface area contributed by atoms with Crippen LogP contribution in [0.5, 0.6) is 0 Å². The largest absolute Gasteiger partial charge is 0.386 e. The molecule has 2 aromatic rings. The molecular formula is C14H12N4O. The fraction of sp³-hybridized carbons (Fsp3) is 0.0714. The molecule has 1 amide bonds. The maximum Gasteiger partial charge on any atom is 0.257 e. The first-order chi connectivity index (χ1) is 9.24. The number of amides is 1. The Labute approximate surface area is 110 Å². The first kappa shape index (κ1) is 12.6. The lowest BCUT2D eigenvalue weighted by Crippen LogP contribution is -2.14. The van der Waals surface area contributed by atoms with Crippen molar-refractivity contribution >= 4 is 17.3 Å². The van der Waals surface area contributed by atoms with Gasteiger partial charge in [0.05, 0.1) is 29.1 Å². The molecule has 2 N–H and O–H groups in total. The van der Waals surface area contributed by atoms with Crippen molar-refractivity contribution < 1.29 is 4.79 Å². The molecule has 0 aliphatic carbocycles. The van der Waals surface area contributed by atoms with E-state index >= 15 is 0 Å². The van der Waals surface area contributed by atoms with Crippen LogP contribution in [0.4, 0.5) is 11.4 Å². The van der Waals surface area contributed by atoms with Crippen LogP contribution < -0.4 is 10.6 Å². The van der Waals surface area contributed by atoms with Crippen LogP contribution in [0.1, 0.15) is 15.9 Å². The molecule has 1 aromatic heterocycles. The second kappa shape index (κ2) is 5.65. The minimum absolute atomic E-state index is 0.248. The van der Waals surface area contributed by atoms with E-state index < -0.39 is 0 Å². The highest BCUT2D eigenvalue weighted by molar-refractivity contribution is 6.07. The molecule has 0 spiro atoms. The molecule has 0 aliphatic heterocycles. The summed E-state index contributed by atoms with van der Waals surface area (Å²) in [5, 5.41) is 14.5. The zero-order valence-corrected chi connectivity index (χ0v) is 10.3. The molecule has 19 heavy (non-hydrogen) atoms. The lowest BCUT2D eigenvalue weighted by atomic mass is 10.2. The Balaban J connectivity index is 2.23. The van der Waals surface area contributed by atoms with Crippen molar-refractivity contribution in [2.75, 3.05) is 17.7 Å². The summed E-state index contributed by atoms with van der Waals surface area (Å²) in [6.45, 7) is 0. The minimum Gasteiger partial charge on any atom is -0.386 e. The summed E-state index contributed by atoms with van der Waals surface area (Å²) < 4.78 is 0. The molecule has 2 rings (SSSR count). The van der Waals surface area contributed by atoms with Crippen LogP contribution in [-0.2, 0) is 0 Å². The van der Waals surface area contributed by atoms with Crippen LogP contribution in [0.25, 0.3) is 0 Å². The molecule has 0 bridgehead atoms. The molecule has 0 aliphatic rings. The van der Waals surface area contributed by atoms with Crippen molar-refractivity contribution in [1.29, 1.82) is 5.26 Å². The number of carbonyl (C=O) groups excluding carboxylic acids is 1. The molecular weight excluding hydrogens is 240 g/mol. The summed E-state index contributed by atoms with van der Waals surface area (Å²) in [4.78, 5) is 16.1. The topological polar surface area (TPSA) is 77.8 Å². The average molecular weight is 252 g/mol. The molecule has 1 aromatic carbocycles. The van der Waals surface area contributed by atoms with Crippen molar-refractivity contribution in [3.8, 4) is 6.07 Å². The molecule has 0 fully saturated rings. The van der Waals surface area contributed by atoms with E-state index in [9.17, 15) is 4.79 Å². The molecule has 0 radical (unpaired) electrons. The highest BCUT2D eigenvalue weighted by atomic mass is 16.1. The van der Waals surface area contributed by atoms with Gasteiger partial charge in [-0.3, -0.25) is 9.78 Å². The second-order valence-electron chi connectivity index (χ2n) is 3.82. The molecule has 1 heterocycles. The molecule has 94 valence electrons. The van der Waals surface area contributed by atoms with E-state index in [2.05, 4.69) is 15.6 Å². The highest BCUT2D eigenvalue weighted by Gasteiger charge is 2.10. The summed E-state index contributed by atoms with van der Waals surface area (Å²) >= 11 is 0. The first-order valence-corrected chi connectivity index (χ1v) is 5.68. The van der Waals surface area contributed by atoms with Crippen LogP contribution in [0.3, 0.4) is 0 Å². The zero-order valence-electron chi connectivity index (χ0n) is 10.3. The predicted molar refractivity (Wildman–Crippen MR) is 72.9 cm³/mol. The molecule has 0 unspecified atom stereocenters. The third-order valence-electron chi connectivity index (χ3n) is 2.58. The molecule has 5 nitrogen and oxygen atoms in total. The fourth-order valence-corrected chi connectivity index (χ4v) is 1.66. The monoisotopic (exact) mass is 252 g/mol. The number of benzene rings is 1. The van der Waals surface area contributed by atoms with Crippen molar-refractivity contribution in [3.63, 3.8) is 0 Å². The third-order valence-corrected chi connectivity index (χ3v) is 2.58. The van der Waals surface area contributed by atoms with Gasteiger partial charge in [-0.25, -0.2) is 0 Å². The van der Waals surface area contributed by atoms with E-state index in [4.69, 9.17) is 5.26 Å². The van der Waals surface area contributed by atoms with E-state index in [1.165, 1.54) is 0 Å². The maximum absolute atomic E-state index is 12.1. The van der Waals surface area contributed by atoms with Gasteiger partial charge in [0, 0.05) is 18.9 Å². The van der Waals surface area contributed by atoms with Crippen LogP contribution in [0, 0.1) is 11.3 Å². The molecule has 5 heteroatoms. The number of nitriles is 1. The van der Waals surface area contributed by atoms with Gasteiger partial charge in [-0.1, -0.05) is 6.07 Å². The van der Waals surface area contributed by atoms with E-state index in [-0.39, 0.29) is 5.91 Å². The summed E-state index contributed by atoms with van der Waals surface area (Å²) in [5.74, 6) is -0.248. The summed E-state index contributed by atoms with van der Waals surface area (Å²) in [6, 6.07) is 10.4. The van der Waals surface area contributed by atoms with E-state index in [0.29, 0.717) is 22.5 Å². The van der Waals surface area contributed by atoms with E-state index in [1.807, 2.05) is 6.07 Å². The Morgan fingerprint density at radius 1 is 1.37 bits per heavy atom. The number of rotatable bonds is 3. The SMILES string of the molecule is CNc1cnccc1C(=O)Nc1cccc(C#N)c1. The highest BCUT2D eigenvalue weighted by Crippen LogP contribution is 2.16. The molecule has 0 atom stereocenters. The average Bonchev–Trinajstić information content (AvgIpc) is 2.47. The van der Waals surface area contributed by atoms with Crippen molar-refractivity contribution in [2.24, 2.45) is 0 Å². The van der Waals surface area contributed by atoms with Gasteiger partial charge in [-0.2, -0.15) is 5.26 Å². The number of pyridine rings is 1. The molecule has 0 saturated heterocycles.